The largest absolute Gasteiger partial charge is 0.485 e. The van der Waals surface area contributed by atoms with Crippen LogP contribution in [0.2, 0.25) is 0 Å². The first kappa shape index (κ1) is 13.1. The van der Waals surface area contributed by atoms with Crippen molar-refractivity contribution in [2.75, 3.05) is 0 Å². The summed E-state index contributed by atoms with van der Waals surface area (Å²) in [6, 6.07) is 9.62. The summed E-state index contributed by atoms with van der Waals surface area (Å²) in [5.41, 5.74) is 0.941. The van der Waals surface area contributed by atoms with Crippen molar-refractivity contribution < 1.29 is 14.6 Å². The van der Waals surface area contributed by atoms with Gasteiger partial charge in [-0.25, -0.2) is 9.78 Å². The lowest BCUT2D eigenvalue weighted by atomic mass is 10.3. The number of ether oxygens (including phenoxy) is 1. The van der Waals surface area contributed by atoms with E-state index in [0.717, 1.165) is 20.1 Å². The van der Waals surface area contributed by atoms with E-state index in [1.807, 2.05) is 31.2 Å². The van der Waals surface area contributed by atoms with Crippen LogP contribution >= 0.6 is 22.7 Å². The zero-order valence-corrected chi connectivity index (χ0v) is 12.3. The van der Waals surface area contributed by atoms with Crippen LogP contribution in [0.5, 0.6) is 5.75 Å². The van der Waals surface area contributed by atoms with Crippen LogP contribution in [0.25, 0.3) is 10.2 Å². The number of para-hydroxylation sites is 1. The van der Waals surface area contributed by atoms with E-state index >= 15 is 0 Å². The fourth-order valence-corrected chi connectivity index (χ4v) is 3.54. The second kappa shape index (κ2) is 5.22. The highest BCUT2D eigenvalue weighted by molar-refractivity contribution is 7.18. The van der Waals surface area contributed by atoms with Gasteiger partial charge in [0.05, 0.1) is 10.2 Å². The number of aryl methyl sites for hydroxylation is 1. The number of hydrogen-bond donors (Lipinski definition) is 1. The van der Waals surface area contributed by atoms with Crippen LogP contribution < -0.4 is 4.74 Å². The van der Waals surface area contributed by atoms with Gasteiger partial charge in [0, 0.05) is 4.88 Å². The smallest absolute Gasteiger partial charge is 0.349 e. The summed E-state index contributed by atoms with van der Waals surface area (Å²) in [6.07, 6.45) is 0. The molecule has 0 spiro atoms. The van der Waals surface area contributed by atoms with Crippen LogP contribution in [0.15, 0.2) is 30.3 Å². The summed E-state index contributed by atoms with van der Waals surface area (Å²) in [6.45, 7) is 2.15. The molecule has 0 saturated heterocycles. The molecule has 0 amide bonds. The third kappa shape index (κ3) is 2.52. The van der Waals surface area contributed by atoms with Gasteiger partial charge in [-0.15, -0.1) is 22.7 Å². The van der Waals surface area contributed by atoms with Crippen LogP contribution in [0.3, 0.4) is 0 Å². The molecule has 1 aromatic carbocycles. The third-order valence-corrected chi connectivity index (χ3v) is 4.73. The molecule has 6 heteroatoms. The second-order valence-corrected chi connectivity index (χ2v) is 6.59. The van der Waals surface area contributed by atoms with E-state index in [1.54, 1.807) is 17.4 Å². The van der Waals surface area contributed by atoms with Gasteiger partial charge in [-0.1, -0.05) is 12.1 Å². The Hall–Kier alpha value is -1.92. The second-order valence-electron chi connectivity index (χ2n) is 4.22. The number of thiophene rings is 1. The Morgan fingerprint density at radius 3 is 2.90 bits per heavy atom. The Balaban J connectivity index is 1.81. The lowest BCUT2D eigenvalue weighted by molar-refractivity contribution is 0.0697. The van der Waals surface area contributed by atoms with Crippen molar-refractivity contribution in [2.45, 2.75) is 13.5 Å². The molecule has 102 valence electrons. The lowest BCUT2D eigenvalue weighted by Gasteiger charge is -2.02. The molecule has 0 aliphatic carbocycles. The average Bonchev–Trinajstić information content (AvgIpc) is 2.99. The maximum absolute atomic E-state index is 11.1. The van der Waals surface area contributed by atoms with Gasteiger partial charge < -0.3 is 9.84 Å². The predicted molar refractivity (Wildman–Crippen MR) is 80.0 cm³/mol. The number of rotatable bonds is 4. The molecule has 0 bridgehead atoms. The highest BCUT2D eigenvalue weighted by atomic mass is 32.1. The normalized spacial score (nSPS) is 10.8. The summed E-state index contributed by atoms with van der Waals surface area (Å²) in [5.74, 6) is -0.540. The first-order valence-corrected chi connectivity index (χ1v) is 7.58. The number of nitrogens with zero attached hydrogens (tertiary/aromatic N) is 1. The first-order chi connectivity index (χ1) is 9.63. The first-order valence-electron chi connectivity index (χ1n) is 5.94. The molecule has 0 radical (unpaired) electrons. The number of hydrogen-bond acceptors (Lipinski definition) is 5. The van der Waals surface area contributed by atoms with E-state index in [9.17, 15) is 4.79 Å². The maximum Gasteiger partial charge on any atom is 0.349 e. The van der Waals surface area contributed by atoms with E-state index in [4.69, 9.17) is 9.84 Å². The number of carbonyl (C=O) groups is 1. The fraction of sp³-hybridized carbons (Fsp3) is 0.143. The Labute approximate surface area is 123 Å². The number of aromatic nitrogens is 1. The van der Waals surface area contributed by atoms with Gasteiger partial charge in [-0.3, -0.25) is 0 Å². The van der Waals surface area contributed by atoms with Gasteiger partial charge in [0.1, 0.15) is 17.4 Å². The average molecular weight is 305 g/mol. The molecule has 0 aliphatic heterocycles. The number of benzene rings is 1. The minimum Gasteiger partial charge on any atom is -0.485 e. The quantitative estimate of drug-likeness (QED) is 0.793. The highest BCUT2D eigenvalue weighted by Gasteiger charge is 2.16. The van der Waals surface area contributed by atoms with E-state index < -0.39 is 5.97 Å². The van der Waals surface area contributed by atoms with Crippen molar-refractivity contribution in [3.8, 4) is 5.75 Å². The number of carboxylic acids is 1. The van der Waals surface area contributed by atoms with Crippen LogP contribution in [0.1, 0.15) is 19.6 Å². The van der Waals surface area contributed by atoms with E-state index in [1.165, 1.54) is 11.3 Å². The van der Waals surface area contributed by atoms with Gasteiger partial charge in [0.25, 0.3) is 0 Å². The van der Waals surface area contributed by atoms with Gasteiger partial charge in [-0.2, -0.15) is 0 Å². The molecule has 3 rings (SSSR count). The van der Waals surface area contributed by atoms with E-state index in [2.05, 4.69) is 4.98 Å². The Morgan fingerprint density at radius 2 is 2.15 bits per heavy atom. The molecule has 0 aliphatic rings. The molecular weight excluding hydrogens is 294 g/mol. The van der Waals surface area contributed by atoms with Crippen molar-refractivity contribution in [1.29, 1.82) is 0 Å². The Kier molecular flexibility index (Phi) is 3.42. The van der Waals surface area contributed by atoms with Crippen LogP contribution in [-0.2, 0) is 6.61 Å². The summed E-state index contributed by atoms with van der Waals surface area (Å²) < 4.78 is 6.72. The Morgan fingerprint density at radius 1 is 1.35 bits per heavy atom. The lowest BCUT2D eigenvalue weighted by Crippen LogP contribution is -1.99. The van der Waals surface area contributed by atoms with Crippen LogP contribution in [0.4, 0.5) is 0 Å². The SMILES string of the molecule is Cc1cc(OCc2nc3ccccc3s2)c(C(=O)O)s1. The summed E-state index contributed by atoms with van der Waals surface area (Å²) in [4.78, 5) is 16.7. The molecule has 1 N–H and O–H groups in total. The molecule has 0 saturated carbocycles. The summed E-state index contributed by atoms with van der Waals surface area (Å²) >= 11 is 2.78. The third-order valence-electron chi connectivity index (χ3n) is 2.70. The molecular formula is C14H11NO3S2. The van der Waals surface area contributed by atoms with Gasteiger partial charge in [-0.05, 0) is 25.1 Å². The molecule has 2 heterocycles. The van der Waals surface area contributed by atoms with Crippen molar-refractivity contribution in [1.82, 2.24) is 4.98 Å². The topological polar surface area (TPSA) is 59.4 Å². The molecule has 0 unspecified atom stereocenters. The highest BCUT2D eigenvalue weighted by Crippen LogP contribution is 2.30. The minimum atomic E-state index is -0.956. The minimum absolute atomic E-state index is 0.239. The summed E-state index contributed by atoms with van der Waals surface area (Å²) in [7, 11) is 0. The van der Waals surface area contributed by atoms with E-state index in [-0.39, 0.29) is 11.5 Å². The van der Waals surface area contributed by atoms with Crippen molar-refractivity contribution in [3.05, 3.63) is 45.1 Å². The number of carboxylic acid groups (broad SMARTS) is 1. The van der Waals surface area contributed by atoms with Gasteiger partial charge in [0.15, 0.2) is 4.88 Å². The zero-order chi connectivity index (χ0) is 14.1. The van der Waals surface area contributed by atoms with Gasteiger partial charge in [0.2, 0.25) is 0 Å². The monoisotopic (exact) mass is 305 g/mol. The maximum atomic E-state index is 11.1. The Bertz CT molecular complexity index is 743. The number of aromatic carboxylic acids is 1. The molecule has 0 atom stereocenters. The van der Waals surface area contributed by atoms with Crippen LogP contribution in [0, 0.1) is 6.92 Å². The molecule has 4 nitrogen and oxygen atoms in total. The number of thiazole rings is 1. The van der Waals surface area contributed by atoms with Crippen molar-refractivity contribution in [2.24, 2.45) is 0 Å². The molecule has 0 fully saturated rings. The van der Waals surface area contributed by atoms with Crippen molar-refractivity contribution in [3.63, 3.8) is 0 Å². The predicted octanol–water partition coefficient (Wildman–Crippen LogP) is 3.94. The van der Waals surface area contributed by atoms with Gasteiger partial charge >= 0.3 is 5.97 Å². The standard InChI is InChI=1S/C14H11NO3S2/c1-8-6-10(13(19-8)14(16)17)18-7-12-15-9-4-2-3-5-11(9)20-12/h2-6H,7H2,1H3,(H,16,17). The fourth-order valence-electron chi connectivity index (χ4n) is 1.87. The number of fused-ring (bicyclic) bond motifs is 1. The molecule has 20 heavy (non-hydrogen) atoms. The zero-order valence-electron chi connectivity index (χ0n) is 10.6. The van der Waals surface area contributed by atoms with Crippen molar-refractivity contribution >= 4 is 38.9 Å². The van der Waals surface area contributed by atoms with Crippen LogP contribution in [-0.4, -0.2) is 16.1 Å². The molecule has 3 aromatic rings. The molecule has 2 aromatic heterocycles. The summed E-state index contributed by atoms with van der Waals surface area (Å²) in [5, 5.41) is 9.95. The van der Waals surface area contributed by atoms with E-state index in [0.29, 0.717) is 5.75 Å².